The predicted octanol–water partition coefficient (Wildman–Crippen LogP) is -3.28. The minimum Gasteiger partial charge on any atom is -0.481 e. The zero-order valence-corrected chi connectivity index (χ0v) is 15.9. The third-order valence-corrected chi connectivity index (χ3v) is 5.48. The van der Waals surface area contributed by atoms with E-state index in [4.69, 9.17) is 21.3 Å². The van der Waals surface area contributed by atoms with Crippen molar-refractivity contribution in [2.24, 2.45) is 16.5 Å². The maximum atomic E-state index is 11.9. The highest BCUT2D eigenvalue weighted by molar-refractivity contribution is 5.83. The van der Waals surface area contributed by atoms with Crippen LogP contribution >= 0.6 is 0 Å². The van der Waals surface area contributed by atoms with Crippen LogP contribution in [-0.4, -0.2) is 87.1 Å². The molecule has 0 saturated carbocycles. The lowest BCUT2D eigenvalue weighted by Gasteiger charge is -2.42. The molecule has 1 amide bonds. The summed E-state index contributed by atoms with van der Waals surface area (Å²) in [4.78, 5) is 26.7. The fourth-order valence-electron chi connectivity index (χ4n) is 4.12. The molecule has 0 aliphatic carbocycles. The fourth-order valence-corrected chi connectivity index (χ4v) is 4.12. The average molecular weight is 414 g/mol. The molecule has 0 radical (unpaired) electrons. The fraction of sp³-hybridized carbons (Fsp3) is 0.750. The van der Waals surface area contributed by atoms with Crippen molar-refractivity contribution in [3.8, 4) is 0 Å². The second-order valence-corrected chi connectivity index (χ2v) is 7.43. The number of aliphatic hydroxyl groups is 2. The van der Waals surface area contributed by atoms with E-state index in [0.29, 0.717) is 25.8 Å². The summed E-state index contributed by atoms with van der Waals surface area (Å²) in [6.07, 6.45) is 1.35. The van der Waals surface area contributed by atoms with Crippen molar-refractivity contribution in [2.75, 3.05) is 19.7 Å². The molecule has 29 heavy (non-hydrogen) atoms. The Morgan fingerprint density at radius 1 is 1.31 bits per heavy atom. The Kier molecular flexibility index (Phi) is 5.71. The number of hydrogen-bond donors (Lipinski definition) is 8. The number of carbonyl (C=O) groups excluding carboxylic acids is 1. The minimum absolute atomic E-state index is 0.0393. The van der Waals surface area contributed by atoms with E-state index in [1.165, 1.54) is 0 Å². The molecule has 10 N–H and O–H groups in total. The van der Waals surface area contributed by atoms with Crippen LogP contribution in [0, 0.1) is 0 Å². The predicted molar refractivity (Wildman–Crippen MR) is 99.8 cm³/mol. The number of ether oxygens (including phenoxy) is 1. The Labute approximate surface area is 166 Å². The molecule has 13 nitrogen and oxygen atoms in total. The first-order valence-corrected chi connectivity index (χ1v) is 9.52. The van der Waals surface area contributed by atoms with Gasteiger partial charge in [0.15, 0.2) is 12.0 Å². The van der Waals surface area contributed by atoms with Crippen LogP contribution in [0.2, 0.25) is 0 Å². The molecule has 0 aromatic rings. The number of alkyl carbamates (subject to hydrolysis) is 1. The van der Waals surface area contributed by atoms with E-state index in [9.17, 15) is 19.8 Å². The first kappa shape index (κ1) is 20.9. The van der Waals surface area contributed by atoms with E-state index in [1.54, 1.807) is 4.58 Å². The van der Waals surface area contributed by atoms with Gasteiger partial charge in [-0.1, -0.05) is 6.42 Å². The molecule has 3 aliphatic rings. The topological polar surface area (TPSA) is 208 Å². The SMILES string of the molecule is NC1=NC2[C@H](COC(=O)NCCCCCC(=O)O)NC(N)=[N+]3CCC(O)(O)C23N1. The highest BCUT2D eigenvalue weighted by atomic mass is 16.5. The number of rotatable bonds is 8. The van der Waals surface area contributed by atoms with Gasteiger partial charge in [-0.05, 0) is 12.8 Å². The van der Waals surface area contributed by atoms with Gasteiger partial charge in [0.2, 0.25) is 11.4 Å². The van der Waals surface area contributed by atoms with Gasteiger partial charge in [-0.2, -0.15) is 0 Å². The third kappa shape index (κ3) is 3.87. The van der Waals surface area contributed by atoms with Crippen molar-refractivity contribution in [1.29, 1.82) is 0 Å². The lowest BCUT2D eigenvalue weighted by molar-refractivity contribution is -0.623. The lowest BCUT2D eigenvalue weighted by atomic mass is 9.87. The van der Waals surface area contributed by atoms with Crippen LogP contribution in [0.25, 0.3) is 0 Å². The van der Waals surface area contributed by atoms with E-state index >= 15 is 0 Å². The number of amides is 1. The number of aliphatic imine (C=N–C) groups is 1. The third-order valence-electron chi connectivity index (χ3n) is 5.48. The van der Waals surface area contributed by atoms with Crippen LogP contribution in [0.1, 0.15) is 32.1 Å². The zero-order chi connectivity index (χ0) is 21.2. The summed E-state index contributed by atoms with van der Waals surface area (Å²) in [5.74, 6) is -2.73. The summed E-state index contributed by atoms with van der Waals surface area (Å²) in [6, 6.07) is -1.38. The molecule has 13 heteroatoms. The quantitative estimate of drug-likeness (QED) is 0.113. The summed E-state index contributed by atoms with van der Waals surface area (Å²) >= 11 is 0. The smallest absolute Gasteiger partial charge is 0.407 e. The average Bonchev–Trinajstić information content (AvgIpc) is 3.12. The van der Waals surface area contributed by atoms with E-state index in [1.807, 2.05) is 0 Å². The maximum Gasteiger partial charge on any atom is 0.407 e. The van der Waals surface area contributed by atoms with E-state index in [2.05, 4.69) is 20.9 Å². The molecular formula is C16H28N7O6+. The highest BCUT2D eigenvalue weighted by Gasteiger charge is 2.71. The van der Waals surface area contributed by atoms with Gasteiger partial charge in [0, 0.05) is 19.4 Å². The van der Waals surface area contributed by atoms with Crippen LogP contribution in [0.15, 0.2) is 4.99 Å². The van der Waals surface area contributed by atoms with E-state index in [0.717, 1.165) is 0 Å². The van der Waals surface area contributed by atoms with Gasteiger partial charge in [0.1, 0.15) is 12.6 Å². The second-order valence-electron chi connectivity index (χ2n) is 7.43. The number of guanidine groups is 2. The Hall–Kier alpha value is -2.80. The van der Waals surface area contributed by atoms with Crippen molar-refractivity contribution < 1.29 is 34.2 Å². The van der Waals surface area contributed by atoms with Gasteiger partial charge in [0.05, 0.1) is 6.54 Å². The monoisotopic (exact) mass is 414 g/mol. The van der Waals surface area contributed by atoms with Gasteiger partial charge in [0.25, 0.3) is 0 Å². The summed E-state index contributed by atoms with van der Waals surface area (Å²) in [6.45, 7) is 0.517. The summed E-state index contributed by atoms with van der Waals surface area (Å²) in [5.41, 5.74) is 10.4. The minimum atomic E-state index is -2.13. The number of nitrogens with zero attached hydrogens (tertiary/aromatic N) is 2. The first-order chi connectivity index (χ1) is 13.7. The van der Waals surface area contributed by atoms with Gasteiger partial charge in [-0.3, -0.25) is 15.8 Å². The molecule has 1 saturated heterocycles. The normalized spacial score (nSPS) is 29.2. The molecule has 162 valence electrons. The van der Waals surface area contributed by atoms with Crippen molar-refractivity contribution in [2.45, 2.75) is 55.6 Å². The first-order valence-electron chi connectivity index (χ1n) is 9.52. The number of hydrogen-bond acceptors (Lipinski definition) is 10. The molecule has 2 unspecified atom stereocenters. The molecule has 3 atom stereocenters. The van der Waals surface area contributed by atoms with Crippen LogP contribution in [0.3, 0.4) is 0 Å². The molecule has 3 aliphatic heterocycles. The van der Waals surface area contributed by atoms with Crippen LogP contribution in [0.5, 0.6) is 0 Å². The molecule has 0 aromatic carbocycles. The van der Waals surface area contributed by atoms with Gasteiger partial charge < -0.3 is 36.4 Å². The molecular weight excluding hydrogens is 386 g/mol. The largest absolute Gasteiger partial charge is 0.481 e. The number of nitrogens with two attached hydrogens (primary N) is 2. The van der Waals surface area contributed by atoms with Gasteiger partial charge in [-0.25, -0.2) is 14.4 Å². The molecule has 1 fully saturated rings. The van der Waals surface area contributed by atoms with E-state index in [-0.39, 0.29) is 37.9 Å². The number of aliphatic carboxylic acids is 1. The Morgan fingerprint density at radius 3 is 2.79 bits per heavy atom. The Bertz CT molecular complexity index is 739. The molecule has 1 spiro atoms. The lowest BCUT2D eigenvalue weighted by Crippen LogP contribution is -2.77. The summed E-state index contributed by atoms with van der Waals surface area (Å²) in [5, 5.41) is 38.2. The molecule has 3 rings (SSSR count). The standard InChI is InChI=1S/C16H27N7O6/c17-12-21-11-9(8-29-14(26)19-6-3-1-2-4-10(24)25)20-13(18)23-7-5-15(27,28)16(11,23)22-12/h9,11,27-28H,1-8H2,(H7,17,18,19,20,21,22,24,25,26)/p+1/t9-,11?,16?/m0/s1. The number of unbranched alkanes of at least 4 members (excludes halogenated alkanes) is 2. The Balaban J connectivity index is 1.54. The molecule has 0 aromatic heterocycles. The number of carboxylic acids is 1. The number of carboxylic acid groups (broad SMARTS) is 1. The summed E-state index contributed by atoms with van der Waals surface area (Å²) in [7, 11) is 0. The zero-order valence-electron chi connectivity index (χ0n) is 15.9. The van der Waals surface area contributed by atoms with Crippen LogP contribution in [0.4, 0.5) is 4.79 Å². The van der Waals surface area contributed by atoms with Gasteiger partial charge in [-0.15, -0.1) is 0 Å². The Morgan fingerprint density at radius 2 is 2.07 bits per heavy atom. The second kappa shape index (κ2) is 7.91. The highest BCUT2D eigenvalue weighted by Crippen LogP contribution is 2.40. The van der Waals surface area contributed by atoms with Crippen molar-refractivity contribution in [3.63, 3.8) is 0 Å². The van der Waals surface area contributed by atoms with Crippen molar-refractivity contribution in [1.82, 2.24) is 16.0 Å². The van der Waals surface area contributed by atoms with Crippen molar-refractivity contribution in [3.05, 3.63) is 0 Å². The van der Waals surface area contributed by atoms with Gasteiger partial charge >= 0.3 is 18.0 Å². The number of carbonyl (C=O) groups is 2. The van der Waals surface area contributed by atoms with Crippen LogP contribution in [-0.2, 0) is 9.53 Å². The van der Waals surface area contributed by atoms with Crippen molar-refractivity contribution >= 4 is 24.0 Å². The number of nitrogens with one attached hydrogen (secondary N) is 3. The molecule has 3 heterocycles. The summed E-state index contributed by atoms with van der Waals surface area (Å²) < 4.78 is 6.81. The van der Waals surface area contributed by atoms with Crippen LogP contribution < -0.4 is 27.4 Å². The maximum absolute atomic E-state index is 11.9. The molecule has 0 bridgehead atoms. The van der Waals surface area contributed by atoms with E-state index < -0.39 is 35.6 Å².